The Morgan fingerprint density at radius 1 is 0.271 bits per heavy atom. The highest BCUT2D eigenvalue weighted by Gasteiger charge is 2.79. The van der Waals surface area contributed by atoms with Crippen LogP contribution in [0.15, 0.2) is 273 Å². The van der Waals surface area contributed by atoms with E-state index in [1.54, 1.807) is 0 Å². The molecule has 0 aliphatic carbocycles. The zero-order valence-corrected chi connectivity index (χ0v) is 39.7. The van der Waals surface area contributed by atoms with Gasteiger partial charge in [-0.1, -0.05) is 237 Å². The quantitative estimate of drug-likeness (QED) is 0.0532. The minimum Gasteiger partial charge on any atom is -0.477 e. The summed E-state index contributed by atoms with van der Waals surface area (Å²) >= 11 is 0. The van der Waals surface area contributed by atoms with E-state index in [1.165, 1.54) is 0 Å². The second-order valence-corrected chi connectivity index (χ2v) is 17.8. The van der Waals surface area contributed by atoms with Gasteiger partial charge in [0, 0.05) is 33.4 Å². The Balaban J connectivity index is 0.000000876. The molecule has 9 nitrogen and oxygen atoms in total. The van der Waals surface area contributed by atoms with Gasteiger partial charge in [0.05, 0.1) is 6.61 Å². The van der Waals surface area contributed by atoms with Crippen molar-refractivity contribution in [2.24, 2.45) is 5.41 Å². The van der Waals surface area contributed by atoms with Gasteiger partial charge in [0.25, 0.3) is 0 Å². The Hall–Kier alpha value is -7.00. The molecule has 0 aromatic heterocycles. The molecule has 0 aliphatic rings. The van der Waals surface area contributed by atoms with Crippen LogP contribution in [0.5, 0.6) is 17.2 Å². The van der Waals surface area contributed by atoms with E-state index in [2.05, 4.69) is 77.1 Å². The first-order valence-electron chi connectivity index (χ1n) is 22.5. The van der Waals surface area contributed by atoms with Crippen LogP contribution in [-0.4, -0.2) is 31.3 Å². The number of ether oxygens (including phenoxy) is 3. The molecule has 9 aromatic carbocycles. The largest absolute Gasteiger partial charge is 0.477 e. The smallest absolute Gasteiger partial charge is 0.334 e. The summed E-state index contributed by atoms with van der Waals surface area (Å²) in [6, 6.07) is 91.0. The molecule has 0 bridgehead atoms. The number of hydrogen-bond donors (Lipinski definition) is 5. The molecule has 0 aliphatic heterocycles. The van der Waals surface area contributed by atoms with E-state index in [0.717, 1.165) is 33.4 Å². The van der Waals surface area contributed by atoms with E-state index in [1.807, 2.05) is 200 Å². The zero-order chi connectivity index (χ0) is 48.7. The SMILES string of the molecule is OCC(C(Oc1ccccc1)(c1ccccc1)c1ccccc1)(C(Oc1ccccc1)(c1ccccc1)c1ccccc1)C(Oc1ccccc1)(c1ccccc1)c1ccccc1.OP(O)OP(O)O. The number of hydrogen-bond acceptors (Lipinski definition) is 9. The van der Waals surface area contributed by atoms with Gasteiger partial charge in [-0.25, -0.2) is 4.31 Å². The fraction of sp³-hybridized carbons (Fsp3) is 0.0847. The molecule has 9 rings (SSSR count). The number of benzene rings is 9. The summed E-state index contributed by atoms with van der Waals surface area (Å²) in [7, 11) is -5.22. The fourth-order valence-corrected chi connectivity index (χ4v) is 10.3. The van der Waals surface area contributed by atoms with E-state index in [9.17, 15) is 5.11 Å². The van der Waals surface area contributed by atoms with Crippen LogP contribution in [0, 0.1) is 5.41 Å². The van der Waals surface area contributed by atoms with Crippen LogP contribution in [0.1, 0.15) is 33.4 Å². The van der Waals surface area contributed by atoms with Crippen molar-refractivity contribution in [3.8, 4) is 17.2 Å². The summed E-state index contributed by atoms with van der Waals surface area (Å²) in [6.07, 6.45) is 0. The van der Waals surface area contributed by atoms with Crippen LogP contribution in [0.4, 0.5) is 0 Å². The van der Waals surface area contributed by atoms with Crippen LogP contribution >= 0.6 is 17.2 Å². The standard InChI is InChI=1S/C59H48O4.H4O5P2/c60-46-56(57(47-28-10-1-11-29-47,48-30-12-2-13-31-48)61-53-40-22-7-23-41-53,58(49-32-14-3-15-33-49,50-34-16-4-17-35-50)62-54-42-24-8-25-43-54)59(51-36-18-5-19-37-51,52-38-20-6-21-39-52)63-55-44-26-9-27-45-55;1-6(2)5-7(3)4/h1-45,60H,46H2;1-4H. The summed E-state index contributed by atoms with van der Waals surface area (Å²) < 4.78 is 27.9. The van der Waals surface area contributed by atoms with Crippen molar-refractivity contribution in [3.05, 3.63) is 306 Å². The van der Waals surface area contributed by atoms with E-state index in [-0.39, 0.29) is 0 Å². The molecular weight excluding hydrogens is 915 g/mol. The van der Waals surface area contributed by atoms with Gasteiger partial charge in [-0.05, 0) is 36.4 Å². The lowest BCUT2D eigenvalue weighted by Crippen LogP contribution is -2.75. The Bertz CT molecular complexity index is 2470. The maximum Gasteiger partial charge on any atom is 0.334 e. The lowest BCUT2D eigenvalue weighted by atomic mass is 9.44. The minimum atomic E-state index is -2.61. The predicted molar refractivity (Wildman–Crippen MR) is 276 cm³/mol. The molecule has 352 valence electrons. The Labute approximate surface area is 411 Å². The fourth-order valence-electron chi connectivity index (χ4n) is 9.77. The second kappa shape index (κ2) is 23.1. The van der Waals surface area contributed by atoms with E-state index < -0.39 is 46.0 Å². The van der Waals surface area contributed by atoms with Crippen molar-refractivity contribution in [2.45, 2.75) is 16.8 Å². The van der Waals surface area contributed by atoms with Crippen LogP contribution in [0.25, 0.3) is 0 Å². The molecule has 11 heteroatoms. The van der Waals surface area contributed by atoms with Gasteiger partial charge in [-0.2, -0.15) is 0 Å². The van der Waals surface area contributed by atoms with E-state index in [0.29, 0.717) is 17.2 Å². The highest BCUT2D eigenvalue weighted by molar-refractivity contribution is 7.53. The minimum absolute atomic E-state index is 0.573. The van der Waals surface area contributed by atoms with Crippen molar-refractivity contribution >= 4 is 17.2 Å². The van der Waals surface area contributed by atoms with Gasteiger partial charge < -0.3 is 38.9 Å². The third-order valence-electron chi connectivity index (χ3n) is 12.3. The molecule has 0 saturated heterocycles. The van der Waals surface area contributed by atoms with Crippen molar-refractivity contribution in [1.29, 1.82) is 0 Å². The molecule has 5 N–H and O–H groups in total. The highest BCUT2D eigenvalue weighted by Crippen LogP contribution is 2.70. The number of para-hydroxylation sites is 3. The van der Waals surface area contributed by atoms with Gasteiger partial charge in [0.1, 0.15) is 22.7 Å². The predicted octanol–water partition coefficient (Wildman–Crippen LogP) is 12.5. The van der Waals surface area contributed by atoms with Gasteiger partial charge in [-0.15, -0.1) is 0 Å². The first-order valence-corrected chi connectivity index (χ1v) is 24.8. The first kappa shape index (κ1) is 49.4. The molecule has 70 heavy (non-hydrogen) atoms. The van der Waals surface area contributed by atoms with Gasteiger partial charge >= 0.3 is 17.2 Å². The summed E-state index contributed by atoms with van der Waals surface area (Å²) in [4.78, 5) is 31.3. The Kier molecular flexibility index (Phi) is 16.3. The van der Waals surface area contributed by atoms with E-state index >= 15 is 0 Å². The third-order valence-corrected chi connectivity index (χ3v) is 13.5. The van der Waals surface area contributed by atoms with Crippen LogP contribution in [0.2, 0.25) is 0 Å². The van der Waals surface area contributed by atoms with Crippen molar-refractivity contribution in [1.82, 2.24) is 0 Å². The molecule has 0 fully saturated rings. The van der Waals surface area contributed by atoms with Gasteiger partial charge in [-0.3, -0.25) is 0 Å². The molecule has 0 radical (unpaired) electrons. The van der Waals surface area contributed by atoms with Gasteiger partial charge in [0.15, 0.2) is 16.8 Å². The molecule has 9 aromatic rings. The molecule has 0 spiro atoms. The van der Waals surface area contributed by atoms with Crippen LogP contribution < -0.4 is 14.2 Å². The normalized spacial score (nSPS) is 11.9. The maximum absolute atomic E-state index is 13.9. The first-order chi connectivity index (χ1) is 34.3. The molecule has 0 heterocycles. The van der Waals surface area contributed by atoms with Crippen molar-refractivity contribution < 1.29 is 43.2 Å². The molecule has 0 atom stereocenters. The molecule has 0 amide bonds. The lowest BCUT2D eigenvalue weighted by molar-refractivity contribution is -0.245. The highest BCUT2D eigenvalue weighted by atomic mass is 31.2. The van der Waals surface area contributed by atoms with Crippen molar-refractivity contribution in [2.75, 3.05) is 6.61 Å². The summed E-state index contributed by atoms with van der Waals surface area (Å²) in [5.41, 5.74) is -2.40. The summed E-state index contributed by atoms with van der Waals surface area (Å²) in [5.74, 6) is 1.73. The second-order valence-electron chi connectivity index (χ2n) is 16.1. The number of rotatable bonds is 18. The Morgan fingerprint density at radius 3 is 0.586 bits per heavy atom. The average Bonchev–Trinajstić information content (AvgIpc) is 3.42. The van der Waals surface area contributed by atoms with Gasteiger partial charge in [0.2, 0.25) is 0 Å². The van der Waals surface area contributed by atoms with E-state index in [4.69, 9.17) is 33.8 Å². The molecule has 0 saturated carbocycles. The summed E-state index contributed by atoms with van der Waals surface area (Å²) in [5, 5.41) is 13.9. The molecule has 0 unspecified atom stereocenters. The number of aliphatic hydroxyl groups excluding tert-OH is 1. The monoisotopic (exact) mass is 966 g/mol. The topological polar surface area (TPSA) is 138 Å². The zero-order valence-electron chi connectivity index (χ0n) is 38.0. The third kappa shape index (κ3) is 9.76. The maximum atomic E-state index is 13.9. The average molecular weight is 967 g/mol. The lowest BCUT2D eigenvalue weighted by Gasteiger charge is -2.65. The van der Waals surface area contributed by atoms with Crippen molar-refractivity contribution in [3.63, 3.8) is 0 Å². The summed E-state index contributed by atoms with van der Waals surface area (Å²) in [6.45, 7) is -0.573. The van der Waals surface area contributed by atoms with Crippen LogP contribution in [-0.2, 0) is 21.1 Å². The number of aliphatic hydroxyl groups is 1. The Morgan fingerprint density at radius 2 is 0.443 bits per heavy atom. The van der Waals surface area contributed by atoms with Crippen LogP contribution in [0.3, 0.4) is 0 Å². The molecular formula is C59H52O9P2.